The summed E-state index contributed by atoms with van der Waals surface area (Å²) < 4.78 is 16.8. The zero-order valence-electron chi connectivity index (χ0n) is 18.6. The van der Waals surface area contributed by atoms with Crippen LogP contribution in [0.2, 0.25) is 0 Å². The summed E-state index contributed by atoms with van der Waals surface area (Å²) in [6.07, 6.45) is 2.41. The van der Waals surface area contributed by atoms with Gasteiger partial charge >= 0.3 is 17.9 Å². The molecule has 0 radical (unpaired) electrons. The first-order valence-electron chi connectivity index (χ1n) is 9.73. The van der Waals surface area contributed by atoms with Gasteiger partial charge in [0, 0.05) is 23.5 Å². The van der Waals surface area contributed by atoms with E-state index in [-0.39, 0.29) is 26.6 Å². The van der Waals surface area contributed by atoms with E-state index in [0.717, 1.165) is 41.3 Å². The lowest BCUT2D eigenvalue weighted by Gasteiger charge is -2.08. The molecule has 2 heterocycles. The van der Waals surface area contributed by atoms with Crippen LogP contribution in [0, 0.1) is 25.2 Å². The minimum Gasteiger partial charge on any atom is -0.465 e. The van der Waals surface area contributed by atoms with Crippen molar-refractivity contribution in [1.29, 1.82) is 5.26 Å². The molecule has 0 aliphatic carbocycles. The number of thiophene rings is 1. The number of ether oxygens (including phenoxy) is 3. The highest BCUT2D eigenvalue weighted by atomic mass is 32.1. The van der Waals surface area contributed by atoms with Gasteiger partial charge in [0.2, 0.25) is 0 Å². The summed E-state index contributed by atoms with van der Waals surface area (Å²) in [4.78, 5) is 36.8. The second kappa shape index (κ2) is 10.6. The van der Waals surface area contributed by atoms with E-state index < -0.39 is 24.5 Å². The Morgan fingerprint density at radius 3 is 2.44 bits per heavy atom. The average molecular weight is 460 g/mol. The molecule has 32 heavy (non-hydrogen) atoms. The maximum Gasteiger partial charge on any atom is 0.349 e. The Bertz CT molecular complexity index is 1120. The number of nitrogens with zero attached hydrogens (tertiary/aromatic N) is 2. The van der Waals surface area contributed by atoms with Gasteiger partial charge in [0.05, 0.1) is 14.2 Å². The minimum absolute atomic E-state index is 0.0174. The molecule has 9 nitrogen and oxygen atoms in total. The van der Waals surface area contributed by atoms with Crippen molar-refractivity contribution in [2.45, 2.75) is 40.3 Å². The Balaban J connectivity index is 2.35. The number of anilines is 1. The maximum absolute atomic E-state index is 12.6. The molecular formula is C22H25N3O6S. The monoisotopic (exact) mass is 459 g/mol. The van der Waals surface area contributed by atoms with Crippen LogP contribution in [-0.4, -0.2) is 36.7 Å². The van der Waals surface area contributed by atoms with E-state index in [0.29, 0.717) is 0 Å². The van der Waals surface area contributed by atoms with Gasteiger partial charge in [-0.2, -0.15) is 5.26 Å². The third-order valence-corrected chi connectivity index (χ3v) is 5.88. The predicted octanol–water partition coefficient (Wildman–Crippen LogP) is 3.38. The van der Waals surface area contributed by atoms with Crippen molar-refractivity contribution in [1.82, 2.24) is 4.57 Å². The van der Waals surface area contributed by atoms with Crippen molar-refractivity contribution in [3.8, 4) is 6.07 Å². The largest absolute Gasteiger partial charge is 0.465 e. The van der Waals surface area contributed by atoms with Crippen LogP contribution in [0.3, 0.4) is 0 Å². The van der Waals surface area contributed by atoms with E-state index in [1.54, 1.807) is 0 Å². The Kier molecular flexibility index (Phi) is 8.21. The van der Waals surface area contributed by atoms with Gasteiger partial charge in [-0.05, 0) is 38.0 Å². The second-order valence-corrected chi connectivity index (χ2v) is 7.91. The van der Waals surface area contributed by atoms with Gasteiger partial charge in [0.15, 0.2) is 0 Å². The molecule has 0 aliphatic heterocycles. The number of esters is 3. The zero-order valence-corrected chi connectivity index (χ0v) is 19.4. The first-order chi connectivity index (χ1) is 15.2. The van der Waals surface area contributed by atoms with Crippen LogP contribution in [0.4, 0.5) is 5.00 Å². The van der Waals surface area contributed by atoms with Gasteiger partial charge in [-0.1, -0.05) is 6.92 Å². The Labute approximate surface area is 190 Å². The van der Waals surface area contributed by atoms with Crippen molar-refractivity contribution in [3.05, 3.63) is 44.6 Å². The topological polar surface area (TPSA) is 134 Å². The lowest BCUT2D eigenvalue weighted by molar-refractivity contribution is -0.139. The summed E-state index contributed by atoms with van der Waals surface area (Å²) in [5.74, 6) is -2.41. The third kappa shape index (κ3) is 5.00. The van der Waals surface area contributed by atoms with E-state index in [4.69, 9.17) is 19.9 Å². The molecule has 0 amide bonds. The Morgan fingerprint density at radius 2 is 1.88 bits per heavy atom. The molecule has 2 aromatic heterocycles. The number of rotatable bonds is 8. The normalized spacial score (nSPS) is 11.1. The molecule has 2 aromatic rings. The summed E-state index contributed by atoms with van der Waals surface area (Å²) in [5, 5.41) is 9.53. The number of aromatic nitrogens is 1. The van der Waals surface area contributed by atoms with E-state index in [1.807, 2.05) is 26.0 Å². The van der Waals surface area contributed by atoms with Crippen LogP contribution in [0.1, 0.15) is 55.9 Å². The molecule has 2 rings (SSSR count). The fourth-order valence-electron chi connectivity index (χ4n) is 3.26. The van der Waals surface area contributed by atoms with Gasteiger partial charge in [-0.3, -0.25) is 0 Å². The molecule has 0 bridgehead atoms. The number of hydrogen-bond acceptors (Lipinski definition) is 9. The summed E-state index contributed by atoms with van der Waals surface area (Å²) in [5.41, 5.74) is 8.32. The summed E-state index contributed by atoms with van der Waals surface area (Å²) >= 11 is 0.825. The highest BCUT2D eigenvalue weighted by Crippen LogP contribution is 2.33. The highest BCUT2D eigenvalue weighted by Gasteiger charge is 2.28. The molecule has 0 atom stereocenters. The van der Waals surface area contributed by atoms with Gasteiger partial charge in [-0.25, -0.2) is 14.4 Å². The molecule has 0 spiro atoms. The zero-order chi connectivity index (χ0) is 24.0. The van der Waals surface area contributed by atoms with Crippen molar-refractivity contribution < 1.29 is 28.6 Å². The van der Waals surface area contributed by atoms with Crippen molar-refractivity contribution in [2.75, 3.05) is 20.0 Å². The quantitative estimate of drug-likeness (QED) is 0.275. The third-order valence-electron chi connectivity index (χ3n) is 4.84. The second-order valence-electron chi connectivity index (χ2n) is 6.86. The smallest absolute Gasteiger partial charge is 0.349 e. The van der Waals surface area contributed by atoms with E-state index in [1.165, 1.54) is 20.3 Å². The fourth-order valence-corrected chi connectivity index (χ4v) is 4.23. The predicted molar refractivity (Wildman–Crippen MR) is 119 cm³/mol. The molecule has 0 fully saturated rings. The van der Waals surface area contributed by atoms with E-state index in [2.05, 4.69) is 11.5 Å². The number of nitrogen functional groups attached to an aromatic ring is 1. The van der Waals surface area contributed by atoms with Crippen LogP contribution in [0.5, 0.6) is 0 Å². The van der Waals surface area contributed by atoms with E-state index >= 15 is 0 Å². The van der Waals surface area contributed by atoms with Crippen molar-refractivity contribution in [3.63, 3.8) is 0 Å². The SMILES string of the molecule is CCCn1c(C)cc(/C=C(\C#N)C(=O)OCc2c(C(=O)OC)sc(N)c2C(=O)OC)c1C. The number of hydrogen-bond donors (Lipinski definition) is 1. The average Bonchev–Trinajstić information content (AvgIpc) is 3.25. The van der Waals surface area contributed by atoms with E-state index in [9.17, 15) is 19.6 Å². The molecule has 170 valence electrons. The van der Waals surface area contributed by atoms with Crippen LogP contribution >= 0.6 is 11.3 Å². The Morgan fingerprint density at radius 1 is 1.22 bits per heavy atom. The lowest BCUT2D eigenvalue weighted by Crippen LogP contribution is -2.13. The lowest BCUT2D eigenvalue weighted by atomic mass is 10.1. The van der Waals surface area contributed by atoms with Crippen LogP contribution in [0.25, 0.3) is 6.08 Å². The fraction of sp³-hybridized carbons (Fsp3) is 0.364. The van der Waals surface area contributed by atoms with Gasteiger partial charge < -0.3 is 24.5 Å². The molecule has 0 aliphatic rings. The standard InChI is InChI=1S/C22H25N3O6S/c1-6-7-25-12(2)8-14(13(25)3)9-15(10-23)20(26)31-11-16-17(21(27)29-4)19(24)32-18(16)22(28)30-5/h8-9H,6-7,11,24H2,1-5H3/b15-9+. The number of carbonyl (C=O) groups excluding carboxylic acids is 3. The number of nitrogens with two attached hydrogens (primary N) is 1. The molecule has 10 heteroatoms. The first kappa shape index (κ1) is 24.7. The first-order valence-corrected chi connectivity index (χ1v) is 10.5. The minimum atomic E-state index is -0.899. The van der Waals surface area contributed by atoms with Crippen LogP contribution < -0.4 is 5.73 Å². The van der Waals surface area contributed by atoms with Gasteiger partial charge in [0.1, 0.15) is 33.7 Å². The molecule has 0 unspecified atom stereocenters. The summed E-state index contributed by atoms with van der Waals surface area (Å²) in [7, 11) is 2.34. The van der Waals surface area contributed by atoms with Crippen molar-refractivity contribution in [2.24, 2.45) is 0 Å². The number of carbonyl (C=O) groups is 3. The molecule has 2 N–H and O–H groups in total. The highest BCUT2D eigenvalue weighted by molar-refractivity contribution is 7.18. The molecular weight excluding hydrogens is 434 g/mol. The van der Waals surface area contributed by atoms with Gasteiger partial charge in [0.25, 0.3) is 0 Å². The Hall–Kier alpha value is -3.58. The summed E-state index contributed by atoms with van der Waals surface area (Å²) in [6.45, 7) is 6.29. The van der Waals surface area contributed by atoms with Crippen LogP contribution in [-0.2, 0) is 32.2 Å². The summed E-state index contributed by atoms with van der Waals surface area (Å²) in [6, 6.07) is 3.74. The number of aryl methyl sites for hydroxylation is 1. The van der Waals surface area contributed by atoms with Crippen LogP contribution in [0.15, 0.2) is 11.6 Å². The van der Waals surface area contributed by atoms with Gasteiger partial charge in [-0.15, -0.1) is 11.3 Å². The maximum atomic E-state index is 12.6. The molecule has 0 saturated heterocycles. The molecule has 0 saturated carbocycles. The number of nitriles is 1. The molecule has 0 aromatic carbocycles. The van der Waals surface area contributed by atoms with Crippen molar-refractivity contribution >= 4 is 40.3 Å². The number of methoxy groups -OCH3 is 2.